The number of ketones is 1. The first kappa shape index (κ1) is 10.2. The minimum atomic E-state index is -0.184. The summed E-state index contributed by atoms with van der Waals surface area (Å²) in [5.41, 5.74) is -0.0568. The van der Waals surface area contributed by atoms with Crippen LogP contribution < -0.4 is 0 Å². The summed E-state index contributed by atoms with van der Waals surface area (Å²) >= 11 is 0. The lowest BCUT2D eigenvalue weighted by atomic mass is 10.1. The van der Waals surface area contributed by atoms with Crippen LogP contribution in [0.25, 0.3) is 0 Å². The Bertz CT molecular complexity index is 243. The zero-order valence-corrected chi connectivity index (χ0v) is 8.59. The summed E-state index contributed by atoms with van der Waals surface area (Å²) in [5.74, 6) is 0.0552. The summed E-state index contributed by atoms with van der Waals surface area (Å²) in [4.78, 5) is 22.1. The van der Waals surface area contributed by atoms with E-state index in [1.54, 1.807) is 6.92 Å². The Morgan fingerprint density at radius 3 is 2.31 bits per heavy atom. The van der Waals surface area contributed by atoms with Crippen LogP contribution in [0, 0.1) is 17.3 Å². The van der Waals surface area contributed by atoms with Crippen molar-refractivity contribution >= 4 is 11.8 Å². The SMILES string of the molecule is COC(=O)[C@@H]1[C@H](CC(C)=O)C1(C)C. The van der Waals surface area contributed by atoms with E-state index in [0.717, 1.165) is 0 Å². The molecular weight excluding hydrogens is 168 g/mol. The normalized spacial score (nSPS) is 29.5. The molecule has 0 aromatic carbocycles. The number of ether oxygens (including phenoxy) is 1. The topological polar surface area (TPSA) is 43.4 Å². The lowest BCUT2D eigenvalue weighted by Gasteiger charge is -1.99. The van der Waals surface area contributed by atoms with Gasteiger partial charge in [-0.3, -0.25) is 4.79 Å². The van der Waals surface area contributed by atoms with Gasteiger partial charge in [0.05, 0.1) is 13.0 Å². The van der Waals surface area contributed by atoms with E-state index in [1.165, 1.54) is 7.11 Å². The maximum absolute atomic E-state index is 11.2. The highest BCUT2D eigenvalue weighted by Gasteiger charge is 2.62. The second-order valence-corrected chi connectivity index (χ2v) is 4.33. The van der Waals surface area contributed by atoms with E-state index in [1.807, 2.05) is 13.8 Å². The highest BCUT2D eigenvalue weighted by Crippen LogP contribution is 2.60. The summed E-state index contributed by atoms with van der Waals surface area (Å²) in [6.07, 6.45) is 0.493. The standard InChI is InChI=1S/C10H16O3/c1-6(11)5-7-8(9(12)13-4)10(7,2)3/h7-8H,5H2,1-4H3/t7-,8-/m0/s1. The predicted molar refractivity (Wildman–Crippen MR) is 48.1 cm³/mol. The van der Waals surface area contributed by atoms with E-state index in [-0.39, 0.29) is 29.0 Å². The fourth-order valence-corrected chi connectivity index (χ4v) is 2.03. The molecule has 1 rings (SSSR count). The molecule has 0 radical (unpaired) electrons. The zero-order chi connectivity index (χ0) is 10.2. The Kier molecular flexibility index (Phi) is 2.46. The molecule has 0 aromatic heterocycles. The molecule has 0 unspecified atom stereocenters. The summed E-state index contributed by atoms with van der Waals surface area (Å²) in [7, 11) is 1.39. The van der Waals surface area contributed by atoms with Crippen molar-refractivity contribution in [2.45, 2.75) is 27.2 Å². The fourth-order valence-electron chi connectivity index (χ4n) is 2.03. The van der Waals surface area contributed by atoms with Gasteiger partial charge in [-0.05, 0) is 18.3 Å². The van der Waals surface area contributed by atoms with Gasteiger partial charge in [-0.1, -0.05) is 13.8 Å². The smallest absolute Gasteiger partial charge is 0.309 e. The Hall–Kier alpha value is -0.860. The van der Waals surface area contributed by atoms with Crippen molar-refractivity contribution in [3.05, 3.63) is 0 Å². The molecule has 1 fully saturated rings. The van der Waals surface area contributed by atoms with Gasteiger partial charge >= 0.3 is 5.97 Å². The fraction of sp³-hybridized carbons (Fsp3) is 0.800. The number of carbonyl (C=O) groups excluding carboxylic acids is 2. The first-order valence-electron chi connectivity index (χ1n) is 4.48. The number of hydrogen-bond donors (Lipinski definition) is 0. The molecule has 0 heterocycles. The second kappa shape index (κ2) is 3.13. The van der Waals surface area contributed by atoms with Gasteiger partial charge in [-0.2, -0.15) is 0 Å². The Balaban J connectivity index is 2.60. The van der Waals surface area contributed by atoms with E-state index in [0.29, 0.717) is 6.42 Å². The lowest BCUT2D eigenvalue weighted by molar-refractivity contribution is -0.143. The van der Waals surface area contributed by atoms with Crippen molar-refractivity contribution < 1.29 is 14.3 Å². The van der Waals surface area contributed by atoms with Crippen molar-refractivity contribution in [1.82, 2.24) is 0 Å². The van der Waals surface area contributed by atoms with Crippen LogP contribution in [0.3, 0.4) is 0 Å². The molecule has 3 nitrogen and oxygen atoms in total. The first-order valence-corrected chi connectivity index (χ1v) is 4.48. The summed E-state index contributed by atoms with van der Waals surface area (Å²) in [6, 6.07) is 0. The summed E-state index contributed by atoms with van der Waals surface area (Å²) < 4.78 is 4.67. The Morgan fingerprint density at radius 1 is 1.38 bits per heavy atom. The van der Waals surface area contributed by atoms with Gasteiger partial charge in [0.2, 0.25) is 0 Å². The van der Waals surface area contributed by atoms with E-state index in [9.17, 15) is 9.59 Å². The molecule has 0 aliphatic heterocycles. The van der Waals surface area contributed by atoms with E-state index < -0.39 is 0 Å². The van der Waals surface area contributed by atoms with Crippen LogP contribution in [-0.4, -0.2) is 18.9 Å². The third-order valence-electron chi connectivity index (χ3n) is 3.01. The molecular formula is C10H16O3. The summed E-state index contributed by atoms with van der Waals surface area (Å²) in [5, 5.41) is 0. The van der Waals surface area contributed by atoms with E-state index in [2.05, 4.69) is 4.74 Å². The minimum absolute atomic E-state index is 0.0568. The number of esters is 1. The molecule has 1 saturated carbocycles. The second-order valence-electron chi connectivity index (χ2n) is 4.33. The lowest BCUT2D eigenvalue weighted by Crippen LogP contribution is -2.07. The molecule has 2 atom stereocenters. The van der Waals surface area contributed by atoms with Gasteiger partial charge in [0.15, 0.2) is 0 Å². The van der Waals surface area contributed by atoms with Crippen LogP contribution >= 0.6 is 0 Å². The highest BCUT2D eigenvalue weighted by atomic mass is 16.5. The van der Waals surface area contributed by atoms with Gasteiger partial charge in [-0.25, -0.2) is 0 Å². The quantitative estimate of drug-likeness (QED) is 0.623. The number of rotatable bonds is 3. The van der Waals surface area contributed by atoms with Crippen LogP contribution in [0.15, 0.2) is 0 Å². The van der Waals surface area contributed by atoms with Crippen LogP contribution in [0.4, 0.5) is 0 Å². The summed E-state index contributed by atoms with van der Waals surface area (Å²) in [6.45, 7) is 5.56. The molecule has 1 aliphatic carbocycles. The third kappa shape index (κ3) is 1.74. The Labute approximate surface area is 78.5 Å². The number of Topliss-reactive ketones (excluding diaryl/α,β-unsaturated/α-hetero) is 1. The predicted octanol–water partition coefficient (Wildman–Crippen LogP) is 1.41. The minimum Gasteiger partial charge on any atom is -0.469 e. The molecule has 0 N–H and O–H groups in total. The highest BCUT2D eigenvalue weighted by molar-refractivity contribution is 5.81. The number of methoxy groups -OCH3 is 1. The molecule has 13 heavy (non-hydrogen) atoms. The molecule has 0 spiro atoms. The van der Waals surface area contributed by atoms with Crippen molar-refractivity contribution in [2.24, 2.45) is 17.3 Å². The Morgan fingerprint density at radius 2 is 1.92 bits per heavy atom. The van der Waals surface area contributed by atoms with E-state index >= 15 is 0 Å². The van der Waals surface area contributed by atoms with Gasteiger partial charge < -0.3 is 9.53 Å². The number of carbonyl (C=O) groups is 2. The monoisotopic (exact) mass is 184 g/mol. The zero-order valence-electron chi connectivity index (χ0n) is 8.59. The molecule has 0 bridgehead atoms. The maximum Gasteiger partial charge on any atom is 0.309 e. The van der Waals surface area contributed by atoms with Crippen LogP contribution in [0.2, 0.25) is 0 Å². The van der Waals surface area contributed by atoms with Crippen LogP contribution in [0.5, 0.6) is 0 Å². The largest absolute Gasteiger partial charge is 0.469 e. The molecule has 74 valence electrons. The van der Waals surface area contributed by atoms with Crippen LogP contribution in [0.1, 0.15) is 27.2 Å². The van der Waals surface area contributed by atoms with Crippen LogP contribution in [-0.2, 0) is 14.3 Å². The van der Waals surface area contributed by atoms with Crippen molar-refractivity contribution in [1.29, 1.82) is 0 Å². The molecule has 0 aromatic rings. The van der Waals surface area contributed by atoms with Crippen molar-refractivity contribution in [3.8, 4) is 0 Å². The van der Waals surface area contributed by atoms with E-state index in [4.69, 9.17) is 0 Å². The van der Waals surface area contributed by atoms with Gasteiger partial charge in [-0.15, -0.1) is 0 Å². The van der Waals surface area contributed by atoms with Crippen molar-refractivity contribution in [3.63, 3.8) is 0 Å². The molecule has 0 saturated heterocycles. The van der Waals surface area contributed by atoms with Gasteiger partial charge in [0, 0.05) is 6.42 Å². The van der Waals surface area contributed by atoms with Crippen molar-refractivity contribution in [2.75, 3.05) is 7.11 Å². The molecule has 3 heteroatoms. The average molecular weight is 184 g/mol. The maximum atomic E-state index is 11.2. The molecule has 1 aliphatic rings. The van der Waals surface area contributed by atoms with Gasteiger partial charge in [0.25, 0.3) is 0 Å². The average Bonchev–Trinajstić information content (AvgIpc) is 2.51. The molecule has 0 amide bonds. The number of hydrogen-bond acceptors (Lipinski definition) is 3. The first-order chi connectivity index (χ1) is 5.91. The van der Waals surface area contributed by atoms with Gasteiger partial charge in [0.1, 0.15) is 5.78 Å². The third-order valence-corrected chi connectivity index (χ3v) is 3.01.